The van der Waals surface area contributed by atoms with Gasteiger partial charge in [-0.15, -0.1) is 0 Å². The molecular formula is C16H18N2O5S. The molecule has 1 aliphatic carbocycles. The molecule has 1 fully saturated rings. The lowest BCUT2D eigenvalue weighted by Gasteiger charge is -2.26. The molecule has 1 heterocycles. The highest BCUT2D eigenvalue weighted by atomic mass is 32.2. The molecule has 1 aromatic carbocycles. The maximum absolute atomic E-state index is 12.7. The van der Waals surface area contributed by atoms with Crippen molar-refractivity contribution in [2.75, 3.05) is 0 Å². The number of carboxylic acids is 1. The van der Waals surface area contributed by atoms with Gasteiger partial charge in [-0.3, -0.25) is 4.79 Å². The van der Waals surface area contributed by atoms with Crippen molar-refractivity contribution in [2.24, 2.45) is 5.92 Å². The van der Waals surface area contributed by atoms with Gasteiger partial charge in [0.05, 0.1) is 17.0 Å². The molecule has 0 aliphatic heterocycles. The standard InChI is InChI=1S/C16H18N2O5S/c19-16(20)11-5-7-12(8-6-11)18-24(21,22)15-4-2-1-3-13(15)14-9-10-17-23-14/h1-4,9-12,18H,5-8H2,(H,19,20). The van der Waals surface area contributed by atoms with E-state index in [1.54, 1.807) is 24.3 Å². The third-order valence-electron chi connectivity index (χ3n) is 4.28. The Bertz CT molecular complexity index is 809. The topological polar surface area (TPSA) is 110 Å². The van der Waals surface area contributed by atoms with E-state index in [0.717, 1.165) is 0 Å². The van der Waals surface area contributed by atoms with Gasteiger partial charge in [-0.1, -0.05) is 17.3 Å². The van der Waals surface area contributed by atoms with Gasteiger partial charge in [-0.25, -0.2) is 13.1 Å². The Kier molecular flexibility index (Phi) is 4.68. The van der Waals surface area contributed by atoms with Crippen molar-refractivity contribution in [3.05, 3.63) is 36.5 Å². The normalized spacial score (nSPS) is 21.5. The van der Waals surface area contributed by atoms with Gasteiger partial charge < -0.3 is 9.63 Å². The van der Waals surface area contributed by atoms with Gasteiger partial charge in [-0.2, -0.15) is 0 Å². The number of carboxylic acid groups (broad SMARTS) is 1. The van der Waals surface area contributed by atoms with Gasteiger partial charge in [0, 0.05) is 17.7 Å². The van der Waals surface area contributed by atoms with Crippen LogP contribution in [0, 0.1) is 5.92 Å². The SMILES string of the molecule is O=C(O)C1CCC(NS(=O)(=O)c2ccccc2-c2ccno2)CC1. The summed E-state index contributed by atoms with van der Waals surface area (Å²) in [6, 6.07) is 7.91. The van der Waals surface area contributed by atoms with Crippen molar-refractivity contribution in [1.82, 2.24) is 9.88 Å². The van der Waals surface area contributed by atoms with Crippen LogP contribution in [-0.4, -0.2) is 30.7 Å². The van der Waals surface area contributed by atoms with Crippen molar-refractivity contribution in [3.63, 3.8) is 0 Å². The summed E-state index contributed by atoms with van der Waals surface area (Å²) in [6.45, 7) is 0. The average Bonchev–Trinajstić information content (AvgIpc) is 3.09. The minimum Gasteiger partial charge on any atom is -0.481 e. The van der Waals surface area contributed by atoms with E-state index in [-0.39, 0.29) is 16.9 Å². The third kappa shape index (κ3) is 3.49. The second-order valence-corrected chi connectivity index (χ2v) is 7.56. The van der Waals surface area contributed by atoms with Crippen LogP contribution in [0.3, 0.4) is 0 Å². The Labute approximate surface area is 139 Å². The van der Waals surface area contributed by atoms with Crippen LogP contribution in [-0.2, 0) is 14.8 Å². The first-order chi connectivity index (χ1) is 11.5. The molecule has 128 valence electrons. The van der Waals surface area contributed by atoms with E-state index in [9.17, 15) is 13.2 Å². The number of nitrogens with one attached hydrogen (secondary N) is 1. The Morgan fingerprint density at radius 1 is 1.17 bits per heavy atom. The Balaban J connectivity index is 1.79. The highest BCUT2D eigenvalue weighted by molar-refractivity contribution is 7.89. The van der Waals surface area contributed by atoms with E-state index in [1.807, 2.05) is 0 Å². The van der Waals surface area contributed by atoms with Crippen LogP contribution in [0.2, 0.25) is 0 Å². The number of hydrogen-bond donors (Lipinski definition) is 2. The lowest BCUT2D eigenvalue weighted by atomic mass is 9.87. The number of hydrogen-bond acceptors (Lipinski definition) is 5. The molecule has 24 heavy (non-hydrogen) atoms. The molecule has 1 aliphatic rings. The number of carbonyl (C=O) groups is 1. The van der Waals surface area contributed by atoms with Crippen LogP contribution >= 0.6 is 0 Å². The summed E-state index contributed by atoms with van der Waals surface area (Å²) in [5.74, 6) is -0.815. The third-order valence-corrected chi connectivity index (χ3v) is 5.86. The van der Waals surface area contributed by atoms with Crippen molar-refractivity contribution in [3.8, 4) is 11.3 Å². The fourth-order valence-electron chi connectivity index (χ4n) is 3.00. The maximum Gasteiger partial charge on any atom is 0.306 e. The van der Waals surface area contributed by atoms with E-state index in [2.05, 4.69) is 9.88 Å². The zero-order valence-electron chi connectivity index (χ0n) is 12.9. The van der Waals surface area contributed by atoms with Gasteiger partial charge in [-0.05, 0) is 37.8 Å². The van der Waals surface area contributed by atoms with Crippen LogP contribution in [0.25, 0.3) is 11.3 Å². The number of rotatable bonds is 5. The molecule has 0 unspecified atom stereocenters. The molecule has 0 atom stereocenters. The van der Waals surface area contributed by atoms with Crippen LogP contribution in [0.4, 0.5) is 0 Å². The predicted octanol–water partition coefficient (Wildman–Crippen LogP) is 2.26. The fourth-order valence-corrected chi connectivity index (χ4v) is 4.52. The Hall–Kier alpha value is -2.19. The molecule has 1 aromatic heterocycles. The quantitative estimate of drug-likeness (QED) is 0.856. The molecule has 7 nitrogen and oxygen atoms in total. The fraction of sp³-hybridized carbons (Fsp3) is 0.375. The number of aliphatic carboxylic acids is 1. The van der Waals surface area contributed by atoms with Crippen LogP contribution in [0.15, 0.2) is 45.9 Å². The van der Waals surface area contributed by atoms with Gasteiger partial charge in [0.2, 0.25) is 10.0 Å². The van der Waals surface area contributed by atoms with Crippen LogP contribution in [0.1, 0.15) is 25.7 Å². The van der Waals surface area contributed by atoms with Crippen molar-refractivity contribution in [2.45, 2.75) is 36.6 Å². The molecule has 2 N–H and O–H groups in total. The van der Waals surface area contributed by atoms with Crippen LogP contribution < -0.4 is 4.72 Å². The highest BCUT2D eigenvalue weighted by Crippen LogP contribution is 2.29. The molecule has 3 rings (SSSR count). The number of sulfonamides is 1. The summed E-state index contributed by atoms with van der Waals surface area (Å²) in [4.78, 5) is 11.1. The first kappa shape index (κ1) is 16.7. The summed E-state index contributed by atoms with van der Waals surface area (Å²) >= 11 is 0. The molecule has 0 amide bonds. The van der Waals surface area contributed by atoms with E-state index in [1.165, 1.54) is 12.3 Å². The molecule has 0 saturated heterocycles. The lowest BCUT2D eigenvalue weighted by Crippen LogP contribution is -2.38. The first-order valence-corrected chi connectivity index (χ1v) is 9.21. The highest BCUT2D eigenvalue weighted by Gasteiger charge is 2.30. The summed E-state index contributed by atoms with van der Waals surface area (Å²) in [7, 11) is -3.74. The maximum atomic E-state index is 12.7. The number of nitrogens with zero attached hydrogens (tertiary/aromatic N) is 1. The number of aromatic nitrogens is 1. The van der Waals surface area contributed by atoms with Crippen molar-refractivity contribution >= 4 is 16.0 Å². The second-order valence-electron chi connectivity index (χ2n) is 5.88. The van der Waals surface area contributed by atoms with Gasteiger partial charge >= 0.3 is 5.97 Å². The van der Waals surface area contributed by atoms with E-state index < -0.39 is 16.0 Å². The summed E-state index contributed by atoms with van der Waals surface area (Å²) < 4.78 is 33.3. The molecule has 0 spiro atoms. The minimum absolute atomic E-state index is 0.127. The molecule has 0 bridgehead atoms. The first-order valence-electron chi connectivity index (χ1n) is 7.72. The smallest absolute Gasteiger partial charge is 0.306 e. The van der Waals surface area contributed by atoms with Gasteiger partial charge in [0.1, 0.15) is 0 Å². The second kappa shape index (κ2) is 6.74. The number of benzene rings is 1. The molecule has 1 saturated carbocycles. The van der Waals surface area contributed by atoms with Gasteiger partial charge in [0.25, 0.3) is 0 Å². The molecule has 0 radical (unpaired) electrons. The largest absolute Gasteiger partial charge is 0.481 e. The summed E-state index contributed by atoms with van der Waals surface area (Å²) in [5.41, 5.74) is 0.446. The Morgan fingerprint density at radius 3 is 2.50 bits per heavy atom. The molecule has 2 aromatic rings. The minimum atomic E-state index is -3.74. The zero-order valence-corrected chi connectivity index (χ0v) is 13.7. The zero-order chi connectivity index (χ0) is 17.2. The Morgan fingerprint density at radius 2 is 1.88 bits per heavy atom. The van der Waals surface area contributed by atoms with E-state index in [4.69, 9.17) is 9.63 Å². The summed E-state index contributed by atoms with van der Waals surface area (Å²) in [5, 5.41) is 12.6. The summed E-state index contributed by atoms with van der Waals surface area (Å²) in [6.07, 6.45) is 3.44. The molecular weight excluding hydrogens is 332 g/mol. The van der Waals surface area contributed by atoms with Gasteiger partial charge in [0.15, 0.2) is 5.76 Å². The van der Waals surface area contributed by atoms with Crippen LogP contribution in [0.5, 0.6) is 0 Å². The lowest BCUT2D eigenvalue weighted by molar-refractivity contribution is -0.142. The molecule has 8 heteroatoms. The van der Waals surface area contributed by atoms with Crippen molar-refractivity contribution in [1.29, 1.82) is 0 Å². The van der Waals surface area contributed by atoms with E-state index in [0.29, 0.717) is 37.0 Å². The predicted molar refractivity (Wildman–Crippen MR) is 85.6 cm³/mol. The van der Waals surface area contributed by atoms with E-state index >= 15 is 0 Å². The average molecular weight is 350 g/mol. The van der Waals surface area contributed by atoms with Crippen molar-refractivity contribution < 1.29 is 22.8 Å². The monoisotopic (exact) mass is 350 g/mol.